The van der Waals surface area contributed by atoms with Crippen molar-refractivity contribution in [1.29, 1.82) is 0 Å². The van der Waals surface area contributed by atoms with Crippen LogP contribution in [0.15, 0.2) is 12.7 Å². The van der Waals surface area contributed by atoms with E-state index in [1.807, 2.05) is 4.90 Å². The Kier molecular flexibility index (Phi) is 21.4. The lowest BCUT2D eigenvalue weighted by Crippen LogP contribution is -3.00. The molecule has 35 heavy (non-hydrogen) atoms. The van der Waals surface area contributed by atoms with E-state index in [2.05, 4.69) is 25.9 Å². The fraction of sp³-hybridized carbons (Fsp3) is 0.857. The summed E-state index contributed by atoms with van der Waals surface area (Å²) in [6, 6.07) is 0. The first kappa shape index (κ1) is 33.9. The third-order valence-electron chi connectivity index (χ3n) is 6.86. The summed E-state index contributed by atoms with van der Waals surface area (Å²) in [7, 11) is 2.25. The van der Waals surface area contributed by atoms with Crippen molar-refractivity contribution >= 4 is 11.8 Å². The maximum absolute atomic E-state index is 12.2. The molecule has 1 saturated heterocycles. The molecule has 1 aliphatic rings. The third kappa shape index (κ3) is 17.9. The fourth-order valence-corrected chi connectivity index (χ4v) is 4.76. The molecule has 1 aliphatic heterocycles. The second kappa shape index (κ2) is 22.1. The highest BCUT2D eigenvalue weighted by Crippen LogP contribution is 2.16. The van der Waals surface area contributed by atoms with E-state index in [4.69, 9.17) is 4.74 Å². The highest BCUT2D eigenvalue weighted by Gasteiger charge is 2.29. The summed E-state index contributed by atoms with van der Waals surface area (Å²) in [5.41, 5.74) is 0. The Morgan fingerprint density at radius 3 is 2.31 bits per heavy atom. The van der Waals surface area contributed by atoms with Crippen molar-refractivity contribution in [3.05, 3.63) is 12.7 Å². The molecule has 0 saturated carbocycles. The maximum atomic E-state index is 12.2. The van der Waals surface area contributed by atoms with Crippen LogP contribution in [0.2, 0.25) is 0 Å². The minimum absolute atomic E-state index is 0. The SMILES string of the molecule is C=CCOCCCC[N+](C)(CCCNC(=O)CCCCCCCCCCC)CN1CCCC1=O.[Cl-]. The van der Waals surface area contributed by atoms with E-state index in [-0.39, 0.29) is 24.2 Å². The first-order chi connectivity index (χ1) is 16.5. The fourth-order valence-electron chi connectivity index (χ4n) is 4.76. The van der Waals surface area contributed by atoms with E-state index in [1.54, 1.807) is 6.08 Å². The zero-order valence-corrected chi connectivity index (χ0v) is 23.6. The number of ether oxygens (including phenoxy) is 1. The van der Waals surface area contributed by atoms with Crippen LogP contribution >= 0.6 is 0 Å². The van der Waals surface area contributed by atoms with Gasteiger partial charge in [-0.3, -0.25) is 14.5 Å². The monoisotopic (exact) mass is 515 g/mol. The number of unbranched alkanes of at least 4 members (excludes halogenated alkanes) is 9. The zero-order chi connectivity index (χ0) is 24.9. The Hall–Kier alpha value is -1.11. The first-order valence-corrected chi connectivity index (χ1v) is 14.1. The molecule has 0 radical (unpaired) electrons. The quantitative estimate of drug-likeness (QED) is 0.129. The van der Waals surface area contributed by atoms with Crippen molar-refractivity contribution in [3.63, 3.8) is 0 Å². The van der Waals surface area contributed by atoms with Crippen LogP contribution in [0.3, 0.4) is 0 Å². The predicted molar refractivity (Wildman–Crippen MR) is 141 cm³/mol. The molecule has 0 aromatic carbocycles. The Bertz CT molecular complexity index is 562. The normalized spacial score (nSPS) is 15.0. The van der Waals surface area contributed by atoms with Crippen LogP contribution in [-0.4, -0.2) is 74.3 Å². The molecular formula is C28H54ClN3O3. The Morgan fingerprint density at radius 1 is 1.03 bits per heavy atom. The van der Waals surface area contributed by atoms with Crippen molar-refractivity contribution in [2.75, 3.05) is 53.1 Å². The van der Waals surface area contributed by atoms with Gasteiger partial charge in [0.2, 0.25) is 11.8 Å². The maximum Gasteiger partial charge on any atom is 0.226 e. The minimum Gasteiger partial charge on any atom is -1.00 e. The largest absolute Gasteiger partial charge is 1.00 e. The summed E-state index contributed by atoms with van der Waals surface area (Å²) in [5.74, 6) is 0.471. The molecule has 1 atom stereocenters. The molecule has 1 heterocycles. The molecule has 0 aliphatic carbocycles. The number of carbonyl (C=O) groups excluding carboxylic acids is 2. The van der Waals surface area contributed by atoms with Gasteiger partial charge in [-0.05, 0) is 25.7 Å². The van der Waals surface area contributed by atoms with Gasteiger partial charge in [-0.2, -0.15) is 0 Å². The van der Waals surface area contributed by atoms with Gasteiger partial charge < -0.3 is 26.9 Å². The van der Waals surface area contributed by atoms with Crippen molar-refractivity contribution < 1.29 is 31.2 Å². The average molecular weight is 516 g/mol. The van der Waals surface area contributed by atoms with Gasteiger partial charge in [0.25, 0.3) is 0 Å². The van der Waals surface area contributed by atoms with Crippen LogP contribution in [0.1, 0.15) is 103 Å². The Labute approximate surface area is 222 Å². The van der Waals surface area contributed by atoms with Gasteiger partial charge in [0.1, 0.15) is 0 Å². The number of hydrogen-bond acceptors (Lipinski definition) is 3. The molecule has 0 aromatic rings. The first-order valence-electron chi connectivity index (χ1n) is 14.1. The molecule has 6 nitrogen and oxygen atoms in total. The summed E-state index contributed by atoms with van der Waals surface area (Å²) < 4.78 is 6.36. The van der Waals surface area contributed by atoms with Crippen molar-refractivity contribution in [2.24, 2.45) is 0 Å². The van der Waals surface area contributed by atoms with Crippen molar-refractivity contribution in [3.8, 4) is 0 Å². The molecule has 0 aromatic heterocycles. The lowest BCUT2D eigenvalue weighted by atomic mass is 10.1. The third-order valence-corrected chi connectivity index (χ3v) is 6.86. The topological polar surface area (TPSA) is 58.6 Å². The number of rotatable bonds is 23. The van der Waals surface area contributed by atoms with Gasteiger partial charge in [-0.25, -0.2) is 0 Å². The van der Waals surface area contributed by atoms with Crippen LogP contribution in [0.5, 0.6) is 0 Å². The lowest BCUT2D eigenvalue weighted by molar-refractivity contribution is -0.918. The van der Waals surface area contributed by atoms with E-state index in [0.29, 0.717) is 19.4 Å². The van der Waals surface area contributed by atoms with Gasteiger partial charge in [-0.1, -0.05) is 64.4 Å². The number of amides is 2. The van der Waals surface area contributed by atoms with E-state index < -0.39 is 0 Å². The van der Waals surface area contributed by atoms with E-state index in [0.717, 1.165) is 82.5 Å². The van der Waals surface area contributed by atoms with Crippen LogP contribution in [-0.2, 0) is 14.3 Å². The van der Waals surface area contributed by atoms with Crippen molar-refractivity contribution in [1.82, 2.24) is 10.2 Å². The van der Waals surface area contributed by atoms with Crippen LogP contribution in [0.25, 0.3) is 0 Å². The van der Waals surface area contributed by atoms with Gasteiger partial charge >= 0.3 is 0 Å². The molecule has 7 heteroatoms. The van der Waals surface area contributed by atoms with Gasteiger partial charge in [-0.15, -0.1) is 6.58 Å². The van der Waals surface area contributed by atoms with Crippen LogP contribution < -0.4 is 17.7 Å². The molecule has 1 N–H and O–H groups in total. The van der Waals surface area contributed by atoms with Gasteiger partial charge in [0, 0.05) is 39.0 Å². The van der Waals surface area contributed by atoms with Crippen LogP contribution in [0.4, 0.5) is 0 Å². The molecule has 1 rings (SSSR count). The van der Waals surface area contributed by atoms with E-state index in [9.17, 15) is 9.59 Å². The van der Waals surface area contributed by atoms with Gasteiger partial charge in [0.15, 0.2) is 6.67 Å². The highest BCUT2D eigenvalue weighted by molar-refractivity contribution is 5.77. The molecule has 0 bridgehead atoms. The second-order valence-corrected chi connectivity index (χ2v) is 10.3. The molecule has 1 unspecified atom stereocenters. The Balaban J connectivity index is 0.0000116. The predicted octanol–water partition coefficient (Wildman–Crippen LogP) is 2.43. The Morgan fingerprint density at radius 2 is 1.69 bits per heavy atom. The summed E-state index contributed by atoms with van der Waals surface area (Å²) >= 11 is 0. The highest BCUT2D eigenvalue weighted by atomic mass is 35.5. The molecular weight excluding hydrogens is 462 g/mol. The van der Waals surface area contributed by atoms with Crippen LogP contribution in [0, 0.1) is 0 Å². The molecule has 2 amide bonds. The van der Waals surface area contributed by atoms with E-state index in [1.165, 1.54) is 44.9 Å². The van der Waals surface area contributed by atoms with Crippen molar-refractivity contribution in [2.45, 2.75) is 103 Å². The summed E-state index contributed by atoms with van der Waals surface area (Å²) in [6.07, 6.45) is 18.6. The molecule has 0 spiro atoms. The number of halogens is 1. The number of hydrogen-bond donors (Lipinski definition) is 1. The molecule has 206 valence electrons. The van der Waals surface area contributed by atoms with E-state index >= 15 is 0 Å². The van der Waals surface area contributed by atoms with Gasteiger partial charge in [0.05, 0.1) is 26.7 Å². The number of carbonyl (C=O) groups is 2. The summed E-state index contributed by atoms with van der Waals surface area (Å²) in [5, 5.41) is 3.11. The zero-order valence-electron chi connectivity index (χ0n) is 22.8. The number of likely N-dealkylation sites (tertiary alicyclic amines) is 1. The molecule has 1 fully saturated rings. The lowest BCUT2D eigenvalue weighted by Gasteiger charge is -2.38. The second-order valence-electron chi connectivity index (χ2n) is 10.3. The number of quaternary nitrogens is 1. The average Bonchev–Trinajstić information content (AvgIpc) is 3.22. The smallest absolute Gasteiger partial charge is 0.226 e. The number of nitrogens with one attached hydrogen (secondary N) is 1. The number of nitrogens with zero attached hydrogens (tertiary/aromatic N) is 2. The standard InChI is InChI=1S/C28H53N3O3.ClH/c1-4-6-7-8-9-10-11-12-13-18-27(32)29-20-17-23-31(3,22-14-15-25-34-24-5-2)26-30-21-16-19-28(30)33;/h5H,2,4,6-26H2,1,3H3;1H. The minimum atomic E-state index is 0. The summed E-state index contributed by atoms with van der Waals surface area (Å²) in [4.78, 5) is 26.4. The summed E-state index contributed by atoms with van der Waals surface area (Å²) in [6.45, 7) is 11.7.